The first-order chi connectivity index (χ1) is 3.30. The molecule has 1 rings (SSSR count). The molecule has 0 amide bonds. The van der Waals surface area contributed by atoms with Crippen LogP contribution < -0.4 is 0 Å². The molecule has 0 bridgehead atoms. The number of halogens is 1. The molecule has 1 saturated carbocycles. The van der Waals surface area contributed by atoms with Crippen molar-refractivity contribution in [1.82, 2.24) is 0 Å². The summed E-state index contributed by atoms with van der Waals surface area (Å²) in [6.45, 7) is 1.98. The monoisotopic (exact) mass is 102 g/mol. The van der Waals surface area contributed by atoms with Gasteiger partial charge in [0, 0.05) is 0 Å². The Morgan fingerprint density at radius 1 is 1.43 bits per heavy atom. The predicted molar refractivity (Wildman–Crippen MR) is 27.9 cm³/mol. The molecule has 0 nitrogen and oxygen atoms in total. The van der Waals surface area contributed by atoms with Crippen molar-refractivity contribution < 1.29 is 4.39 Å². The molecule has 0 N–H and O–H groups in total. The molecule has 1 fully saturated rings. The molecule has 2 atom stereocenters. The lowest BCUT2D eigenvalue weighted by Crippen LogP contribution is -2.01. The van der Waals surface area contributed by atoms with Gasteiger partial charge in [0.25, 0.3) is 0 Å². The maximum Gasteiger partial charge on any atom is 0.103 e. The van der Waals surface area contributed by atoms with Crippen LogP contribution in [-0.2, 0) is 0 Å². The van der Waals surface area contributed by atoms with Crippen molar-refractivity contribution in [2.75, 3.05) is 0 Å². The number of hydrogen-bond acceptors (Lipinski definition) is 0. The van der Waals surface area contributed by atoms with Crippen LogP contribution >= 0.6 is 0 Å². The fourth-order valence-electron chi connectivity index (χ4n) is 1.10. The van der Waals surface area contributed by atoms with Crippen LogP contribution in [0.3, 0.4) is 0 Å². The summed E-state index contributed by atoms with van der Waals surface area (Å²) >= 11 is 0. The van der Waals surface area contributed by atoms with Gasteiger partial charge in [0.15, 0.2) is 0 Å². The lowest BCUT2D eigenvalue weighted by molar-refractivity contribution is 0.278. The quantitative estimate of drug-likeness (QED) is 0.439. The highest BCUT2D eigenvalue weighted by atomic mass is 19.1. The summed E-state index contributed by atoms with van der Waals surface area (Å²) in [5.74, 6) is 0.347. The zero-order chi connectivity index (χ0) is 5.28. The van der Waals surface area contributed by atoms with E-state index in [2.05, 4.69) is 0 Å². The first-order valence-electron chi connectivity index (χ1n) is 2.95. The van der Waals surface area contributed by atoms with E-state index in [-0.39, 0.29) is 0 Å². The molecular weight excluding hydrogens is 91.1 g/mol. The third kappa shape index (κ3) is 0.929. The van der Waals surface area contributed by atoms with E-state index < -0.39 is 6.17 Å². The third-order valence-electron chi connectivity index (χ3n) is 1.76. The zero-order valence-corrected chi connectivity index (χ0v) is 4.65. The average molecular weight is 102 g/mol. The lowest BCUT2D eigenvalue weighted by atomic mass is 10.1. The molecule has 42 valence electrons. The van der Waals surface area contributed by atoms with Crippen LogP contribution in [0.2, 0.25) is 0 Å². The summed E-state index contributed by atoms with van der Waals surface area (Å²) in [5, 5.41) is 0. The molecule has 0 spiro atoms. The molecule has 1 aliphatic rings. The van der Waals surface area contributed by atoms with Crippen molar-refractivity contribution >= 4 is 0 Å². The molecule has 1 heteroatoms. The van der Waals surface area contributed by atoms with Gasteiger partial charge in [-0.3, -0.25) is 0 Å². The largest absolute Gasteiger partial charge is 0.247 e. The molecule has 0 unspecified atom stereocenters. The van der Waals surface area contributed by atoms with E-state index in [1.165, 1.54) is 0 Å². The molecule has 0 aliphatic heterocycles. The Bertz CT molecular complexity index is 53.2. The van der Waals surface area contributed by atoms with Crippen LogP contribution in [0.5, 0.6) is 0 Å². The van der Waals surface area contributed by atoms with E-state index >= 15 is 0 Å². The van der Waals surface area contributed by atoms with Gasteiger partial charge in [-0.25, -0.2) is 4.39 Å². The summed E-state index contributed by atoms with van der Waals surface area (Å²) in [7, 11) is 0. The predicted octanol–water partition coefficient (Wildman–Crippen LogP) is 2.14. The second kappa shape index (κ2) is 1.81. The van der Waals surface area contributed by atoms with E-state index in [9.17, 15) is 4.39 Å². The topological polar surface area (TPSA) is 0 Å². The molecular formula is C6H11F. The van der Waals surface area contributed by atoms with Crippen molar-refractivity contribution in [1.29, 1.82) is 0 Å². The smallest absolute Gasteiger partial charge is 0.103 e. The molecule has 0 aromatic heterocycles. The van der Waals surface area contributed by atoms with Crippen LogP contribution in [-0.4, -0.2) is 6.17 Å². The Hall–Kier alpha value is -0.0700. The summed E-state index contributed by atoms with van der Waals surface area (Å²) in [4.78, 5) is 0. The van der Waals surface area contributed by atoms with E-state index in [0.717, 1.165) is 19.3 Å². The lowest BCUT2D eigenvalue weighted by Gasteiger charge is -2.00. The standard InChI is InChI=1S/C6H11F/c1-5-3-2-4-6(5)7/h5-6H,2-4H2,1H3/t5-,6-/m1/s1. The highest BCUT2D eigenvalue weighted by Gasteiger charge is 2.21. The minimum atomic E-state index is -0.486. The second-order valence-corrected chi connectivity index (χ2v) is 2.42. The number of hydrogen-bond donors (Lipinski definition) is 0. The van der Waals surface area contributed by atoms with Gasteiger partial charge in [-0.15, -0.1) is 0 Å². The van der Waals surface area contributed by atoms with E-state index in [1.54, 1.807) is 0 Å². The van der Waals surface area contributed by atoms with E-state index in [1.807, 2.05) is 6.92 Å². The number of rotatable bonds is 0. The summed E-state index contributed by atoms with van der Waals surface area (Å²) < 4.78 is 12.3. The van der Waals surface area contributed by atoms with Crippen LogP contribution in [0.15, 0.2) is 0 Å². The zero-order valence-electron chi connectivity index (χ0n) is 4.65. The van der Waals surface area contributed by atoms with Gasteiger partial charge in [0.05, 0.1) is 0 Å². The van der Waals surface area contributed by atoms with E-state index in [0.29, 0.717) is 5.92 Å². The molecule has 0 aromatic carbocycles. The maximum atomic E-state index is 12.3. The molecule has 0 radical (unpaired) electrons. The molecule has 0 aromatic rings. The first kappa shape index (κ1) is 5.07. The number of alkyl halides is 1. The van der Waals surface area contributed by atoms with Gasteiger partial charge in [0.1, 0.15) is 6.17 Å². The van der Waals surface area contributed by atoms with Crippen LogP contribution in [0.1, 0.15) is 26.2 Å². The van der Waals surface area contributed by atoms with E-state index in [4.69, 9.17) is 0 Å². The molecule has 1 aliphatic carbocycles. The Morgan fingerprint density at radius 3 is 2.29 bits per heavy atom. The first-order valence-corrected chi connectivity index (χ1v) is 2.95. The van der Waals surface area contributed by atoms with Gasteiger partial charge >= 0.3 is 0 Å². The Labute approximate surface area is 43.7 Å². The summed E-state index contributed by atoms with van der Waals surface area (Å²) in [6.07, 6.45) is 2.52. The Kier molecular flexibility index (Phi) is 1.31. The summed E-state index contributed by atoms with van der Waals surface area (Å²) in [5.41, 5.74) is 0. The maximum absolute atomic E-state index is 12.3. The van der Waals surface area contributed by atoms with Crippen molar-refractivity contribution in [2.45, 2.75) is 32.4 Å². The minimum absolute atomic E-state index is 0.347. The van der Waals surface area contributed by atoms with Crippen molar-refractivity contribution in [3.63, 3.8) is 0 Å². The van der Waals surface area contributed by atoms with Gasteiger partial charge in [-0.1, -0.05) is 13.3 Å². The van der Waals surface area contributed by atoms with Gasteiger partial charge in [-0.05, 0) is 18.8 Å². The van der Waals surface area contributed by atoms with Crippen molar-refractivity contribution in [2.24, 2.45) is 5.92 Å². The highest BCUT2D eigenvalue weighted by molar-refractivity contribution is 4.72. The Morgan fingerprint density at radius 2 is 2.14 bits per heavy atom. The third-order valence-corrected chi connectivity index (χ3v) is 1.76. The van der Waals surface area contributed by atoms with Crippen LogP contribution in [0.25, 0.3) is 0 Å². The normalized spacial score (nSPS) is 42.0. The average Bonchev–Trinajstić information content (AvgIpc) is 1.91. The molecule has 7 heavy (non-hydrogen) atoms. The SMILES string of the molecule is C[C@@H]1CCC[C@H]1F. The van der Waals surface area contributed by atoms with Gasteiger partial charge < -0.3 is 0 Å². The van der Waals surface area contributed by atoms with Gasteiger partial charge in [-0.2, -0.15) is 0 Å². The van der Waals surface area contributed by atoms with Crippen molar-refractivity contribution in [3.8, 4) is 0 Å². The minimum Gasteiger partial charge on any atom is -0.247 e. The van der Waals surface area contributed by atoms with Crippen LogP contribution in [0, 0.1) is 5.92 Å². The molecule has 0 saturated heterocycles. The van der Waals surface area contributed by atoms with Gasteiger partial charge in [0.2, 0.25) is 0 Å². The fraction of sp³-hybridized carbons (Fsp3) is 1.00. The van der Waals surface area contributed by atoms with Crippen molar-refractivity contribution in [3.05, 3.63) is 0 Å². The Balaban J connectivity index is 2.33. The summed E-state index contributed by atoms with van der Waals surface area (Å²) in [6, 6.07) is 0. The second-order valence-electron chi connectivity index (χ2n) is 2.42. The highest BCUT2D eigenvalue weighted by Crippen LogP contribution is 2.26. The molecule has 0 heterocycles. The van der Waals surface area contributed by atoms with Crippen LogP contribution in [0.4, 0.5) is 4.39 Å². The fourth-order valence-corrected chi connectivity index (χ4v) is 1.10.